The maximum atomic E-state index is 9.98. The van der Waals surface area contributed by atoms with E-state index in [2.05, 4.69) is 20.4 Å². The molecule has 122 valence electrons. The lowest BCUT2D eigenvalue weighted by Crippen LogP contribution is -2.35. The number of hydrogen-bond acceptors (Lipinski definition) is 7. The average Bonchev–Trinajstić information content (AvgIpc) is 2.97. The average molecular weight is 332 g/mol. The van der Waals surface area contributed by atoms with E-state index in [-0.39, 0.29) is 5.75 Å². The van der Waals surface area contributed by atoms with E-state index in [1.54, 1.807) is 12.3 Å². The number of anilines is 1. The molecule has 1 aliphatic rings. The molecule has 7 heteroatoms. The number of aryl methyl sites for hydroxylation is 1. The van der Waals surface area contributed by atoms with Gasteiger partial charge in [-0.1, -0.05) is 6.07 Å². The monoisotopic (exact) mass is 332 g/mol. The molecule has 2 heterocycles. The van der Waals surface area contributed by atoms with Gasteiger partial charge < -0.3 is 9.84 Å². The highest BCUT2D eigenvalue weighted by molar-refractivity contribution is 7.13. The summed E-state index contributed by atoms with van der Waals surface area (Å²) in [5, 5.41) is 16.8. The van der Waals surface area contributed by atoms with Crippen LogP contribution in [0.15, 0.2) is 28.7 Å². The van der Waals surface area contributed by atoms with Gasteiger partial charge in [-0.15, -0.1) is 11.3 Å². The fourth-order valence-corrected chi connectivity index (χ4v) is 3.02. The van der Waals surface area contributed by atoms with Crippen LogP contribution in [0.2, 0.25) is 0 Å². The zero-order valence-corrected chi connectivity index (χ0v) is 13.8. The Bertz CT molecular complexity index is 680. The second kappa shape index (κ2) is 7.54. The number of hydrazone groups is 1. The summed E-state index contributed by atoms with van der Waals surface area (Å²) < 4.78 is 5.36. The van der Waals surface area contributed by atoms with Crippen LogP contribution < -0.4 is 5.43 Å². The molecule has 0 radical (unpaired) electrons. The summed E-state index contributed by atoms with van der Waals surface area (Å²) in [5.74, 6) is 0.219. The molecule has 0 unspecified atom stereocenters. The van der Waals surface area contributed by atoms with Gasteiger partial charge >= 0.3 is 0 Å². The van der Waals surface area contributed by atoms with Gasteiger partial charge in [-0.05, 0) is 24.6 Å². The third-order valence-corrected chi connectivity index (χ3v) is 4.45. The van der Waals surface area contributed by atoms with Gasteiger partial charge in [0.05, 0.1) is 25.1 Å². The third kappa shape index (κ3) is 4.51. The number of rotatable bonds is 5. The molecular weight excluding hydrogens is 312 g/mol. The molecule has 1 aromatic heterocycles. The molecule has 0 aliphatic carbocycles. The van der Waals surface area contributed by atoms with Crippen LogP contribution >= 0.6 is 11.3 Å². The largest absolute Gasteiger partial charge is 0.507 e. The molecule has 0 bridgehead atoms. The first-order valence-corrected chi connectivity index (χ1v) is 8.42. The van der Waals surface area contributed by atoms with Gasteiger partial charge in [0.1, 0.15) is 5.75 Å². The van der Waals surface area contributed by atoms with E-state index < -0.39 is 0 Å². The SMILES string of the molecule is Cc1csc(NN=Cc2cc(CN3CCOCC3)ccc2O)n1. The van der Waals surface area contributed by atoms with Crippen molar-refractivity contribution >= 4 is 22.7 Å². The van der Waals surface area contributed by atoms with Crippen LogP contribution in [0, 0.1) is 6.92 Å². The second-order valence-electron chi connectivity index (χ2n) is 5.45. The third-order valence-electron chi connectivity index (χ3n) is 3.58. The molecule has 6 nitrogen and oxygen atoms in total. The van der Waals surface area contributed by atoms with Crippen LogP contribution in [-0.4, -0.2) is 47.5 Å². The number of aromatic hydroxyl groups is 1. The van der Waals surface area contributed by atoms with Crippen molar-refractivity contribution in [3.05, 3.63) is 40.4 Å². The number of hydrogen-bond donors (Lipinski definition) is 2. The Hall–Kier alpha value is -1.96. The predicted molar refractivity (Wildman–Crippen MR) is 92.3 cm³/mol. The summed E-state index contributed by atoms with van der Waals surface area (Å²) in [7, 11) is 0. The topological polar surface area (TPSA) is 70.0 Å². The van der Waals surface area contributed by atoms with E-state index in [4.69, 9.17) is 4.74 Å². The summed E-state index contributed by atoms with van der Waals surface area (Å²) in [6.07, 6.45) is 1.62. The Morgan fingerprint density at radius 3 is 3.00 bits per heavy atom. The lowest BCUT2D eigenvalue weighted by molar-refractivity contribution is 0.0342. The predicted octanol–water partition coefficient (Wildman–Crippen LogP) is 2.44. The fraction of sp³-hybridized carbons (Fsp3) is 0.375. The number of nitrogens with one attached hydrogen (secondary N) is 1. The van der Waals surface area contributed by atoms with E-state index in [9.17, 15) is 5.11 Å². The second-order valence-corrected chi connectivity index (χ2v) is 6.30. The highest BCUT2D eigenvalue weighted by Gasteiger charge is 2.11. The maximum absolute atomic E-state index is 9.98. The number of thiazole rings is 1. The number of phenols is 1. The molecule has 2 aromatic rings. The van der Waals surface area contributed by atoms with Gasteiger partial charge in [0, 0.05) is 30.6 Å². The van der Waals surface area contributed by atoms with Crippen LogP contribution in [0.5, 0.6) is 5.75 Å². The standard InChI is InChI=1S/C16H20N4O2S/c1-12-11-23-16(18-12)19-17-9-14-8-13(2-3-15(14)21)10-20-4-6-22-7-5-20/h2-3,8-9,11,21H,4-7,10H2,1H3,(H,18,19). The number of nitrogens with zero attached hydrogens (tertiary/aromatic N) is 3. The summed E-state index contributed by atoms with van der Waals surface area (Å²) in [6.45, 7) is 6.23. The summed E-state index contributed by atoms with van der Waals surface area (Å²) in [6, 6.07) is 5.62. The quantitative estimate of drug-likeness (QED) is 0.650. The van der Waals surface area contributed by atoms with Crippen molar-refractivity contribution in [2.24, 2.45) is 5.10 Å². The molecule has 23 heavy (non-hydrogen) atoms. The maximum Gasteiger partial charge on any atom is 0.203 e. The number of ether oxygens (including phenoxy) is 1. The van der Waals surface area contributed by atoms with Crippen LogP contribution in [0.25, 0.3) is 0 Å². The highest BCUT2D eigenvalue weighted by atomic mass is 32.1. The first-order chi connectivity index (χ1) is 11.2. The van der Waals surface area contributed by atoms with Crippen molar-refractivity contribution in [2.45, 2.75) is 13.5 Å². The van der Waals surface area contributed by atoms with Crippen molar-refractivity contribution in [3.8, 4) is 5.75 Å². The molecule has 0 spiro atoms. The van der Waals surface area contributed by atoms with Crippen molar-refractivity contribution in [1.82, 2.24) is 9.88 Å². The van der Waals surface area contributed by atoms with Gasteiger partial charge in [0.25, 0.3) is 0 Å². The molecule has 3 rings (SSSR count). The summed E-state index contributed by atoms with van der Waals surface area (Å²) in [4.78, 5) is 6.61. The van der Waals surface area contributed by atoms with Gasteiger partial charge in [-0.2, -0.15) is 5.10 Å². The van der Waals surface area contributed by atoms with Crippen LogP contribution in [-0.2, 0) is 11.3 Å². The minimum absolute atomic E-state index is 0.219. The Balaban J connectivity index is 1.64. The molecule has 2 N–H and O–H groups in total. The van der Waals surface area contributed by atoms with E-state index in [1.165, 1.54) is 11.3 Å². The van der Waals surface area contributed by atoms with Crippen LogP contribution in [0.3, 0.4) is 0 Å². The molecule has 1 saturated heterocycles. The molecule has 0 amide bonds. The molecule has 1 aromatic carbocycles. The molecule has 1 fully saturated rings. The van der Waals surface area contributed by atoms with Gasteiger partial charge in [-0.25, -0.2) is 4.98 Å². The lowest BCUT2D eigenvalue weighted by atomic mass is 10.1. The van der Waals surface area contributed by atoms with Gasteiger partial charge in [0.2, 0.25) is 5.13 Å². The summed E-state index contributed by atoms with van der Waals surface area (Å²) in [5.41, 5.74) is 5.68. The number of benzene rings is 1. The minimum Gasteiger partial charge on any atom is -0.507 e. The minimum atomic E-state index is 0.219. The van der Waals surface area contributed by atoms with E-state index in [0.29, 0.717) is 5.56 Å². The highest BCUT2D eigenvalue weighted by Crippen LogP contribution is 2.19. The molecule has 0 saturated carbocycles. The number of aromatic nitrogens is 1. The summed E-state index contributed by atoms with van der Waals surface area (Å²) >= 11 is 1.50. The van der Waals surface area contributed by atoms with Crippen molar-refractivity contribution in [3.63, 3.8) is 0 Å². The van der Waals surface area contributed by atoms with E-state index in [1.807, 2.05) is 24.4 Å². The molecule has 1 aliphatic heterocycles. The van der Waals surface area contributed by atoms with Gasteiger partial charge in [-0.3, -0.25) is 10.3 Å². The van der Waals surface area contributed by atoms with Crippen molar-refractivity contribution < 1.29 is 9.84 Å². The van der Waals surface area contributed by atoms with E-state index in [0.717, 1.165) is 49.2 Å². The van der Waals surface area contributed by atoms with Crippen LogP contribution in [0.4, 0.5) is 5.13 Å². The Morgan fingerprint density at radius 1 is 1.43 bits per heavy atom. The van der Waals surface area contributed by atoms with Crippen molar-refractivity contribution in [1.29, 1.82) is 0 Å². The fourth-order valence-electron chi connectivity index (χ4n) is 2.39. The smallest absolute Gasteiger partial charge is 0.203 e. The van der Waals surface area contributed by atoms with E-state index >= 15 is 0 Å². The Kier molecular flexibility index (Phi) is 5.22. The zero-order chi connectivity index (χ0) is 16.1. The number of morpholine rings is 1. The first-order valence-electron chi connectivity index (χ1n) is 7.54. The lowest BCUT2D eigenvalue weighted by Gasteiger charge is -2.26. The Morgan fingerprint density at radius 2 is 2.26 bits per heavy atom. The van der Waals surface area contributed by atoms with Crippen molar-refractivity contribution in [2.75, 3.05) is 31.7 Å². The van der Waals surface area contributed by atoms with Gasteiger partial charge in [0.15, 0.2) is 0 Å². The Labute approximate surface area is 139 Å². The van der Waals surface area contributed by atoms with Crippen LogP contribution in [0.1, 0.15) is 16.8 Å². The molecule has 0 atom stereocenters. The first kappa shape index (κ1) is 15.9. The molecular formula is C16H20N4O2S. The zero-order valence-electron chi connectivity index (χ0n) is 13.0. The normalized spacial score (nSPS) is 16.0. The number of phenolic OH excluding ortho intramolecular Hbond substituents is 1.